The number of carbonyl (C=O) groups is 2. The average Bonchev–Trinajstić information content (AvgIpc) is 2.97. The van der Waals surface area contributed by atoms with Crippen LogP contribution in [0.1, 0.15) is 25.8 Å². The van der Waals surface area contributed by atoms with Gasteiger partial charge in [-0.05, 0) is 40.1 Å². The number of nitro benzene ring substituents is 2. The third-order valence-corrected chi connectivity index (χ3v) is 6.53. The molecule has 15 heteroatoms. The van der Waals surface area contributed by atoms with Crippen LogP contribution in [0.3, 0.4) is 0 Å². The Morgan fingerprint density at radius 1 is 1.05 bits per heavy atom. The number of amides is 1. The van der Waals surface area contributed by atoms with Crippen molar-refractivity contribution in [3.8, 4) is 5.75 Å². The minimum absolute atomic E-state index is 0.0283. The number of ether oxygens (including phenoxy) is 2. The highest BCUT2D eigenvalue weighted by Gasteiger charge is 2.24. The number of nitro groups is 2. The van der Waals surface area contributed by atoms with Crippen molar-refractivity contribution in [3.63, 3.8) is 0 Å². The van der Waals surface area contributed by atoms with Gasteiger partial charge < -0.3 is 19.7 Å². The second-order valence-corrected chi connectivity index (χ2v) is 10.4. The summed E-state index contributed by atoms with van der Waals surface area (Å²) in [5, 5.41) is 33.7. The number of nitrogens with one attached hydrogen (secondary N) is 1. The van der Waals surface area contributed by atoms with Crippen LogP contribution < -0.4 is 15.0 Å². The zero-order valence-corrected chi connectivity index (χ0v) is 25.7. The van der Waals surface area contributed by atoms with Gasteiger partial charge in [0.15, 0.2) is 5.69 Å². The molecule has 3 aromatic rings. The molecule has 0 aliphatic rings. The molecule has 1 N–H and O–H groups in total. The number of nitrogens with zero attached hydrogens (tertiary/aromatic N) is 5. The fraction of sp³-hybridized carbons (Fsp3) is 0.241. The van der Waals surface area contributed by atoms with Gasteiger partial charge in [0.05, 0.1) is 45.3 Å². The second-order valence-electron chi connectivity index (χ2n) is 9.51. The Kier molecular flexibility index (Phi) is 11.6. The van der Waals surface area contributed by atoms with Gasteiger partial charge in [0.25, 0.3) is 5.69 Å². The third-order valence-electron chi connectivity index (χ3n) is 5.92. The molecule has 0 unspecified atom stereocenters. The number of hydrogen-bond acceptors (Lipinski definition) is 11. The van der Waals surface area contributed by atoms with Crippen LogP contribution in [0.25, 0.3) is 0 Å². The molecule has 0 aliphatic carbocycles. The highest BCUT2D eigenvalue weighted by molar-refractivity contribution is 9.10. The first-order chi connectivity index (χ1) is 20.9. The first-order valence-electron chi connectivity index (χ1n) is 13.0. The Morgan fingerprint density at radius 3 is 2.34 bits per heavy atom. The van der Waals surface area contributed by atoms with Crippen molar-refractivity contribution in [1.82, 2.24) is 0 Å². The van der Waals surface area contributed by atoms with Crippen LogP contribution in [-0.2, 0) is 20.9 Å². The molecule has 1 amide bonds. The number of esters is 1. The molecule has 0 radical (unpaired) electrons. The lowest BCUT2D eigenvalue weighted by molar-refractivity contribution is -0.393. The van der Waals surface area contributed by atoms with Crippen molar-refractivity contribution in [1.29, 1.82) is 0 Å². The molecule has 0 bridgehead atoms. The van der Waals surface area contributed by atoms with E-state index in [1.807, 2.05) is 35.2 Å². The van der Waals surface area contributed by atoms with E-state index < -0.39 is 33.1 Å². The summed E-state index contributed by atoms with van der Waals surface area (Å²) < 4.78 is 10.9. The number of non-ortho nitro benzene ring substituents is 1. The lowest BCUT2D eigenvalue weighted by Gasteiger charge is -2.27. The molecule has 3 aromatic carbocycles. The number of rotatable bonds is 14. The summed E-state index contributed by atoms with van der Waals surface area (Å²) in [7, 11) is 1.43. The first kappa shape index (κ1) is 33.3. The van der Waals surface area contributed by atoms with Gasteiger partial charge in [-0.15, -0.1) is 10.2 Å². The van der Waals surface area contributed by atoms with E-state index in [0.717, 1.165) is 17.7 Å². The van der Waals surface area contributed by atoms with Crippen molar-refractivity contribution in [2.45, 2.75) is 26.8 Å². The number of hydrogen-bond donors (Lipinski definition) is 1. The maximum atomic E-state index is 12.4. The van der Waals surface area contributed by atoms with Gasteiger partial charge in [-0.3, -0.25) is 29.8 Å². The zero-order chi connectivity index (χ0) is 32.4. The van der Waals surface area contributed by atoms with Crippen LogP contribution >= 0.6 is 15.9 Å². The molecule has 14 nitrogen and oxygen atoms in total. The number of benzene rings is 3. The molecule has 0 saturated heterocycles. The van der Waals surface area contributed by atoms with Crippen LogP contribution in [0.5, 0.6) is 5.75 Å². The van der Waals surface area contributed by atoms with E-state index in [1.54, 1.807) is 13.0 Å². The van der Waals surface area contributed by atoms with E-state index in [2.05, 4.69) is 38.1 Å². The molecule has 0 aromatic heterocycles. The van der Waals surface area contributed by atoms with Gasteiger partial charge in [-0.25, -0.2) is 0 Å². The minimum Gasteiger partial charge on any atom is -0.494 e. The normalized spacial score (nSPS) is 10.7. The van der Waals surface area contributed by atoms with E-state index in [0.29, 0.717) is 23.6 Å². The van der Waals surface area contributed by atoms with Crippen molar-refractivity contribution >= 4 is 61.9 Å². The standard InChI is InChI=1S/C29H29BrN6O8/c1-18(2)17-44-28(38)10-11-34(16-20-8-6-5-7-9-20)25-14-23(31-19(3)37)24(15-27(25)43-4)32-33-29-22(30)12-21(35(39)40)13-26(29)36(41)42/h5-9,12-15H,1,10-11,16-17H2,2-4H3,(H,31,37). The average molecular weight is 669 g/mol. The predicted octanol–water partition coefficient (Wildman–Crippen LogP) is 7.16. The summed E-state index contributed by atoms with van der Waals surface area (Å²) in [6, 6.07) is 14.4. The minimum atomic E-state index is -0.812. The molecule has 0 heterocycles. The second kappa shape index (κ2) is 15.3. The van der Waals surface area contributed by atoms with Crippen LogP contribution in [0.2, 0.25) is 0 Å². The lowest BCUT2D eigenvalue weighted by Crippen LogP contribution is -2.27. The topological polar surface area (TPSA) is 179 Å². The van der Waals surface area contributed by atoms with Crippen molar-refractivity contribution in [2.24, 2.45) is 10.2 Å². The molecule has 0 aliphatic heterocycles. The molecule has 3 rings (SSSR count). The Balaban J connectivity index is 2.09. The van der Waals surface area contributed by atoms with Crippen molar-refractivity contribution in [3.05, 3.63) is 97.0 Å². The quantitative estimate of drug-likeness (QED) is 0.0613. The Labute approximate surface area is 260 Å². The van der Waals surface area contributed by atoms with Gasteiger partial charge in [-0.1, -0.05) is 36.9 Å². The molecule has 230 valence electrons. The summed E-state index contributed by atoms with van der Waals surface area (Å²) in [6.45, 7) is 7.48. The highest BCUT2D eigenvalue weighted by atomic mass is 79.9. The molecule has 44 heavy (non-hydrogen) atoms. The summed E-state index contributed by atoms with van der Waals surface area (Å²) in [5.41, 5.74) is 1.01. The zero-order valence-electron chi connectivity index (χ0n) is 24.1. The van der Waals surface area contributed by atoms with Crippen LogP contribution in [0.4, 0.5) is 34.1 Å². The maximum Gasteiger partial charge on any atom is 0.307 e. The largest absolute Gasteiger partial charge is 0.494 e. The smallest absolute Gasteiger partial charge is 0.307 e. The van der Waals surface area contributed by atoms with Gasteiger partial charge in [0.1, 0.15) is 18.0 Å². The fourth-order valence-electron chi connectivity index (χ4n) is 3.95. The molecular formula is C29H29BrN6O8. The lowest BCUT2D eigenvalue weighted by atomic mass is 10.1. The van der Waals surface area contributed by atoms with E-state index in [9.17, 15) is 29.8 Å². The Bertz CT molecular complexity index is 1610. The molecule has 0 saturated carbocycles. The fourth-order valence-corrected chi connectivity index (χ4v) is 4.47. The molecule has 0 spiro atoms. The number of halogens is 1. The number of anilines is 2. The van der Waals surface area contributed by atoms with Crippen LogP contribution in [-0.4, -0.2) is 42.0 Å². The molecular weight excluding hydrogens is 640 g/mol. The van der Waals surface area contributed by atoms with Gasteiger partial charge in [0.2, 0.25) is 5.91 Å². The van der Waals surface area contributed by atoms with Crippen molar-refractivity contribution in [2.75, 3.05) is 30.5 Å². The van der Waals surface area contributed by atoms with Crippen LogP contribution in [0, 0.1) is 20.2 Å². The van der Waals surface area contributed by atoms with E-state index in [-0.39, 0.29) is 41.1 Å². The SMILES string of the molecule is C=C(C)COC(=O)CCN(Cc1ccccc1)c1cc(NC(C)=O)c(N=Nc2c(Br)cc([N+](=O)[O-])cc2[N+](=O)[O-])cc1OC. The van der Waals surface area contributed by atoms with E-state index in [1.165, 1.54) is 20.1 Å². The number of methoxy groups -OCH3 is 1. The predicted molar refractivity (Wildman–Crippen MR) is 167 cm³/mol. The van der Waals surface area contributed by atoms with Gasteiger partial charge in [-0.2, -0.15) is 0 Å². The van der Waals surface area contributed by atoms with Crippen molar-refractivity contribution < 1.29 is 28.9 Å². The number of carbonyl (C=O) groups excluding carboxylic acids is 2. The van der Waals surface area contributed by atoms with E-state index >= 15 is 0 Å². The highest BCUT2D eigenvalue weighted by Crippen LogP contribution is 2.43. The van der Waals surface area contributed by atoms with Gasteiger partial charge >= 0.3 is 11.7 Å². The molecule has 0 atom stereocenters. The Morgan fingerprint density at radius 2 is 1.75 bits per heavy atom. The molecule has 0 fully saturated rings. The summed E-state index contributed by atoms with van der Waals surface area (Å²) in [6.07, 6.45) is 0.0397. The number of azo groups is 1. The third kappa shape index (κ3) is 9.16. The summed E-state index contributed by atoms with van der Waals surface area (Å²) in [4.78, 5) is 47.8. The summed E-state index contributed by atoms with van der Waals surface area (Å²) >= 11 is 3.10. The Hall–Kier alpha value is -5.18. The summed E-state index contributed by atoms with van der Waals surface area (Å²) in [5.74, 6) is -0.553. The maximum absolute atomic E-state index is 12.4. The van der Waals surface area contributed by atoms with Gasteiger partial charge in [0, 0.05) is 32.1 Å². The monoisotopic (exact) mass is 668 g/mol. The first-order valence-corrected chi connectivity index (χ1v) is 13.8. The van der Waals surface area contributed by atoms with E-state index in [4.69, 9.17) is 9.47 Å². The van der Waals surface area contributed by atoms with Crippen LogP contribution in [0.15, 0.2) is 81.5 Å².